The third-order valence-electron chi connectivity index (χ3n) is 3.44. The van der Waals surface area contributed by atoms with Gasteiger partial charge in [-0.1, -0.05) is 20.8 Å². The van der Waals surface area contributed by atoms with Crippen LogP contribution in [-0.2, 0) is 0 Å². The fraction of sp³-hybridized carbons (Fsp3) is 1.00. The Balaban J connectivity index is 2.19. The summed E-state index contributed by atoms with van der Waals surface area (Å²) in [5.41, 5.74) is 0.209. The molecule has 102 valence electrons. The van der Waals surface area contributed by atoms with Gasteiger partial charge in [0.1, 0.15) is 0 Å². The van der Waals surface area contributed by atoms with Gasteiger partial charge in [-0.15, -0.1) is 0 Å². The first-order valence-electron chi connectivity index (χ1n) is 6.93. The van der Waals surface area contributed by atoms with Crippen LogP contribution >= 0.6 is 0 Å². The van der Waals surface area contributed by atoms with Gasteiger partial charge < -0.3 is 10.4 Å². The molecule has 0 amide bonds. The molecule has 0 aromatic heterocycles. The average molecular weight is 242 g/mol. The van der Waals surface area contributed by atoms with Crippen molar-refractivity contribution in [3.63, 3.8) is 0 Å². The molecule has 2 unspecified atom stereocenters. The summed E-state index contributed by atoms with van der Waals surface area (Å²) in [4.78, 5) is 2.49. The minimum Gasteiger partial charge on any atom is -0.392 e. The largest absolute Gasteiger partial charge is 0.392 e. The number of rotatable bonds is 5. The Kier molecular flexibility index (Phi) is 5.42. The van der Waals surface area contributed by atoms with Gasteiger partial charge in [0.05, 0.1) is 6.10 Å². The lowest BCUT2D eigenvalue weighted by Gasteiger charge is -2.24. The van der Waals surface area contributed by atoms with Crippen LogP contribution in [-0.4, -0.2) is 47.8 Å². The molecule has 0 aromatic rings. The number of nitrogens with one attached hydrogen (secondary N) is 1. The Morgan fingerprint density at radius 2 is 2.00 bits per heavy atom. The van der Waals surface area contributed by atoms with Gasteiger partial charge in [0.15, 0.2) is 0 Å². The summed E-state index contributed by atoms with van der Waals surface area (Å²) in [6.07, 6.45) is 1.85. The van der Waals surface area contributed by atoms with E-state index < -0.39 is 0 Å². The van der Waals surface area contributed by atoms with Gasteiger partial charge in [0.2, 0.25) is 0 Å². The van der Waals surface area contributed by atoms with Gasteiger partial charge in [0.25, 0.3) is 0 Å². The standard InChI is InChI=1S/C14H30N2O/c1-11(2)16-7-6-12(10-16)15-9-13(17)8-14(3,4)5/h11-13,15,17H,6-10H2,1-5H3. The summed E-state index contributed by atoms with van der Waals surface area (Å²) in [5.74, 6) is 0. The molecule has 1 heterocycles. The van der Waals surface area contributed by atoms with E-state index in [0.29, 0.717) is 12.1 Å². The van der Waals surface area contributed by atoms with Gasteiger partial charge in [0, 0.05) is 25.2 Å². The molecule has 0 bridgehead atoms. The third-order valence-corrected chi connectivity index (χ3v) is 3.44. The summed E-state index contributed by atoms with van der Waals surface area (Å²) >= 11 is 0. The number of aliphatic hydroxyl groups is 1. The molecule has 1 fully saturated rings. The molecule has 0 aromatic carbocycles. The summed E-state index contributed by atoms with van der Waals surface area (Å²) in [5, 5.41) is 13.4. The Bertz CT molecular complexity index is 223. The Hall–Kier alpha value is -0.120. The van der Waals surface area contributed by atoms with Gasteiger partial charge in [-0.2, -0.15) is 0 Å². The fourth-order valence-corrected chi connectivity index (χ4v) is 2.50. The van der Waals surface area contributed by atoms with E-state index >= 15 is 0 Å². The number of hydrogen-bond acceptors (Lipinski definition) is 3. The van der Waals surface area contributed by atoms with Crippen molar-refractivity contribution in [3.8, 4) is 0 Å². The molecule has 1 aliphatic heterocycles. The van der Waals surface area contributed by atoms with E-state index in [2.05, 4.69) is 44.8 Å². The molecule has 2 atom stereocenters. The second-order valence-corrected chi connectivity index (χ2v) is 6.90. The number of hydrogen-bond donors (Lipinski definition) is 2. The van der Waals surface area contributed by atoms with E-state index in [0.717, 1.165) is 19.5 Å². The third kappa shape index (κ3) is 5.84. The molecule has 3 nitrogen and oxygen atoms in total. The maximum absolute atomic E-state index is 9.94. The fourth-order valence-electron chi connectivity index (χ4n) is 2.50. The molecule has 1 rings (SSSR count). The van der Waals surface area contributed by atoms with Crippen LogP contribution in [0.5, 0.6) is 0 Å². The molecular formula is C14H30N2O. The van der Waals surface area contributed by atoms with E-state index in [9.17, 15) is 5.11 Å². The number of nitrogens with zero attached hydrogens (tertiary/aromatic N) is 1. The number of likely N-dealkylation sites (tertiary alicyclic amines) is 1. The van der Waals surface area contributed by atoms with E-state index in [4.69, 9.17) is 0 Å². The van der Waals surface area contributed by atoms with Crippen LogP contribution in [0.15, 0.2) is 0 Å². The first kappa shape index (κ1) is 14.9. The van der Waals surface area contributed by atoms with E-state index in [-0.39, 0.29) is 11.5 Å². The second kappa shape index (κ2) is 6.17. The summed E-state index contributed by atoms with van der Waals surface area (Å²) < 4.78 is 0. The Labute approximate surface area is 107 Å². The molecule has 1 aliphatic rings. The van der Waals surface area contributed by atoms with Crippen molar-refractivity contribution in [1.29, 1.82) is 0 Å². The van der Waals surface area contributed by atoms with E-state index in [1.807, 2.05) is 0 Å². The van der Waals surface area contributed by atoms with Gasteiger partial charge >= 0.3 is 0 Å². The Morgan fingerprint density at radius 1 is 1.35 bits per heavy atom. The predicted molar refractivity (Wildman–Crippen MR) is 73.2 cm³/mol. The van der Waals surface area contributed by atoms with Gasteiger partial charge in [-0.25, -0.2) is 0 Å². The summed E-state index contributed by atoms with van der Waals surface area (Å²) in [6, 6.07) is 1.20. The highest BCUT2D eigenvalue weighted by Gasteiger charge is 2.24. The molecule has 0 saturated carbocycles. The van der Waals surface area contributed by atoms with Crippen LogP contribution in [0, 0.1) is 5.41 Å². The lowest BCUT2D eigenvalue weighted by molar-refractivity contribution is 0.116. The SMILES string of the molecule is CC(C)N1CCC(NCC(O)CC(C)(C)C)C1. The molecule has 17 heavy (non-hydrogen) atoms. The molecule has 0 spiro atoms. The van der Waals surface area contributed by atoms with Gasteiger partial charge in [-0.05, 0) is 38.6 Å². The van der Waals surface area contributed by atoms with Crippen molar-refractivity contribution in [2.24, 2.45) is 5.41 Å². The normalized spacial score (nSPS) is 24.5. The van der Waals surface area contributed by atoms with E-state index in [1.54, 1.807) is 0 Å². The van der Waals surface area contributed by atoms with Crippen molar-refractivity contribution in [2.75, 3.05) is 19.6 Å². The lowest BCUT2D eigenvalue weighted by Crippen LogP contribution is -2.39. The average Bonchev–Trinajstić information content (AvgIpc) is 2.60. The van der Waals surface area contributed by atoms with Gasteiger partial charge in [-0.3, -0.25) is 4.90 Å². The van der Waals surface area contributed by atoms with Crippen molar-refractivity contribution < 1.29 is 5.11 Å². The maximum Gasteiger partial charge on any atom is 0.0669 e. The van der Waals surface area contributed by atoms with Crippen molar-refractivity contribution in [2.45, 2.75) is 65.6 Å². The quantitative estimate of drug-likeness (QED) is 0.772. The molecular weight excluding hydrogens is 212 g/mol. The number of aliphatic hydroxyl groups excluding tert-OH is 1. The highest BCUT2D eigenvalue weighted by atomic mass is 16.3. The summed E-state index contributed by atoms with van der Waals surface area (Å²) in [7, 11) is 0. The second-order valence-electron chi connectivity index (χ2n) is 6.90. The van der Waals surface area contributed by atoms with Crippen LogP contribution in [0.3, 0.4) is 0 Å². The first-order valence-corrected chi connectivity index (χ1v) is 6.93. The monoisotopic (exact) mass is 242 g/mol. The minimum atomic E-state index is -0.219. The van der Waals surface area contributed by atoms with Crippen molar-refractivity contribution in [1.82, 2.24) is 10.2 Å². The zero-order chi connectivity index (χ0) is 13.1. The molecule has 0 aliphatic carbocycles. The Morgan fingerprint density at radius 3 is 2.47 bits per heavy atom. The highest BCUT2D eigenvalue weighted by molar-refractivity contribution is 4.83. The lowest BCUT2D eigenvalue weighted by atomic mass is 9.89. The van der Waals surface area contributed by atoms with Crippen LogP contribution in [0.25, 0.3) is 0 Å². The van der Waals surface area contributed by atoms with Crippen LogP contribution < -0.4 is 5.32 Å². The highest BCUT2D eigenvalue weighted by Crippen LogP contribution is 2.20. The topological polar surface area (TPSA) is 35.5 Å². The predicted octanol–water partition coefficient (Wildman–Crippen LogP) is 1.86. The van der Waals surface area contributed by atoms with Crippen LogP contribution in [0.4, 0.5) is 0 Å². The van der Waals surface area contributed by atoms with Crippen molar-refractivity contribution in [3.05, 3.63) is 0 Å². The van der Waals surface area contributed by atoms with Crippen LogP contribution in [0.2, 0.25) is 0 Å². The van der Waals surface area contributed by atoms with Crippen molar-refractivity contribution >= 4 is 0 Å². The van der Waals surface area contributed by atoms with E-state index in [1.165, 1.54) is 13.0 Å². The first-order chi connectivity index (χ1) is 7.78. The molecule has 2 N–H and O–H groups in total. The smallest absolute Gasteiger partial charge is 0.0669 e. The molecule has 0 radical (unpaired) electrons. The maximum atomic E-state index is 9.94. The zero-order valence-electron chi connectivity index (χ0n) is 12.2. The zero-order valence-corrected chi connectivity index (χ0v) is 12.2. The molecule has 3 heteroatoms. The summed E-state index contributed by atoms with van der Waals surface area (Å²) in [6.45, 7) is 14.1. The minimum absolute atomic E-state index is 0.209. The van der Waals surface area contributed by atoms with Crippen LogP contribution in [0.1, 0.15) is 47.5 Å². The molecule has 1 saturated heterocycles.